The van der Waals surface area contributed by atoms with Gasteiger partial charge in [0.05, 0.1) is 11.4 Å². The standard InChI is InChI=1S/C19H20N2O3S/c1-11-4-7-17(12(2)8-11)25-10-18(22)20-14-5-6-16-15(9-14)21-19(23)13(3)24-16/h4-9,13H,10H2,1-3H3,(H,20,22)(H,21,23)/t13-/m1/s1. The lowest BCUT2D eigenvalue weighted by Crippen LogP contribution is -2.34. The summed E-state index contributed by atoms with van der Waals surface area (Å²) in [5.74, 6) is 0.637. The average molecular weight is 356 g/mol. The molecular formula is C19H20N2O3S. The highest BCUT2D eigenvalue weighted by atomic mass is 32.2. The third-order valence-electron chi connectivity index (χ3n) is 3.88. The topological polar surface area (TPSA) is 67.4 Å². The molecule has 1 heterocycles. The van der Waals surface area contributed by atoms with Crippen LogP contribution in [0.25, 0.3) is 0 Å². The summed E-state index contributed by atoms with van der Waals surface area (Å²) in [6, 6.07) is 11.4. The SMILES string of the molecule is Cc1ccc(SCC(=O)Nc2ccc3c(c2)NC(=O)[C@@H](C)O3)c(C)c1. The van der Waals surface area contributed by atoms with Gasteiger partial charge in [-0.1, -0.05) is 17.7 Å². The molecule has 0 saturated carbocycles. The number of aryl methyl sites for hydroxylation is 2. The maximum atomic E-state index is 12.2. The molecule has 2 amide bonds. The number of fused-ring (bicyclic) bond motifs is 1. The fourth-order valence-corrected chi connectivity index (χ4v) is 3.40. The van der Waals surface area contributed by atoms with E-state index >= 15 is 0 Å². The van der Waals surface area contributed by atoms with Gasteiger partial charge in [-0.3, -0.25) is 9.59 Å². The number of thioether (sulfide) groups is 1. The molecule has 1 aliphatic heterocycles. The van der Waals surface area contributed by atoms with Gasteiger partial charge in [-0.2, -0.15) is 0 Å². The van der Waals surface area contributed by atoms with E-state index in [-0.39, 0.29) is 11.8 Å². The quantitative estimate of drug-likeness (QED) is 0.819. The monoisotopic (exact) mass is 356 g/mol. The molecule has 0 radical (unpaired) electrons. The van der Waals surface area contributed by atoms with Crippen molar-refractivity contribution in [2.75, 3.05) is 16.4 Å². The first-order chi connectivity index (χ1) is 11.9. The third kappa shape index (κ3) is 4.14. The van der Waals surface area contributed by atoms with E-state index in [2.05, 4.69) is 16.7 Å². The minimum absolute atomic E-state index is 0.0960. The van der Waals surface area contributed by atoms with Gasteiger partial charge < -0.3 is 15.4 Å². The highest BCUT2D eigenvalue weighted by Gasteiger charge is 2.23. The molecule has 1 aliphatic rings. The zero-order chi connectivity index (χ0) is 18.0. The summed E-state index contributed by atoms with van der Waals surface area (Å²) in [4.78, 5) is 25.0. The first-order valence-electron chi connectivity index (χ1n) is 8.04. The van der Waals surface area contributed by atoms with Gasteiger partial charge in [-0.15, -0.1) is 11.8 Å². The van der Waals surface area contributed by atoms with Gasteiger partial charge in [-0.05, 0) is 50.6 Å². The van der Waals surface area contributed by atoms with Crippen molar-refractivity contribution < 1.29 is 14.3 Å². The Morgan fingerprint density at radius 2 is 2.04 bits per heavy atom. The van der Waals surface area contributed by atoms with E-state index in [9.17, 15) is 9.59 Å². The number of carbonyl (C=O) groups excluding carboxylic acids is 2. The van der Waals surface area contributed by atoms with Crippen molar-refractivity contribution in [3.63, 3.8) is 0 Å². The van der Waals surface area contributed by atoms with E-state index in [4.69, 9.17) is 4.74 Å². The Kier molecular flexibility index (Phi) is 4.99. The molecule has 0 fully saturated rings. The van der Waals surface area contributed by atoms with E-state index in [1.54, 1.807) is 25.1 Å². The smallest absolute Gasteiger partial charge is 0.265 e. The number of carbonyl (C=O) groups is 2. The number of amides is 2. The molecule has 6 heteroatoms. The number of rotatable bonds is 4. The van der Waals surface area contributed by atoms with Gasteiger partial charge in [0.2, 0.25) is 5.91 Å². The normalized spacial score (nSPS) is 15.8. The molecule has 0 aromatic heterocycles. The highest BCUT2D eigenvalue weighted by molar-refractivity contribution is 8.00. The van der Waals surface area contributed by atoms with Crippen LogP contribution in [0.4, 0.5) is 11.4 Å². The summed E-state index contributed by atoms with van der Waals surface area (Å²) in [5.41, 5.74) is 3.57. The van der Waals surface area contributed by atoms with Crippen molar-refractivity contribution in [3.8, 4) is 5.75 Å². The van der Waals surface area contributed by atoms with Crippen LogP contribution in [0.15, 0.2) is 41.3 Å². The van der Waals surface area contributed by atoms with Crippen LogP contribution >= 0.6 is 11.8 Å². The molecule has 2 aromatic rings. The summed E-state index contributed by atoms with van der Waals surface area (Å²) in [5, 5.41) is 5.63. The molecular weight excluding hydrogens is 336 g/mol. The first-order valence-corrected chi connectivity index (χ1v) is 9.02. The third-order valence-corrected chi connectivity index (χ3v) is 5.06. The van der Waals surface area contributed by atoms with Crippen molar-refractivity contribution in [3.05, 3.63) is 47.5 Å². The number of ether oxygens (including phenoxy) is 1. The van der Waals surface area contributed by atoms with Crippen LogP contribution in [0.2, 0.25) is 0 Å². The van der Waals surface area contributed by atoms with E-state index in [1.807, 2.05) is 26.0 Å². The Morgan fingerprint density at radius 3 is 2.80 bits per heavy atom. The van der Waals surface area contributed by atoms with Crippen LogP contribution < -0.4 is 15.4 Å². The van der Waals surface area contributed by atoms with Crippen molar-refractivity contribution >= 4 is 35.0 Å². The Bertz CT molecular complexity index is 835. The molecule has 3 rings (SSSR count). The van der Waals surface area contributed by atoms with Crippen LogP contribution in [-0.2, 0) is 9.59 Å². The van der Waals surface area contributed by atoms with Gasteiger partial charge in [0.15, 0.2) is 6.10 Å². The maximum absolute atomic E-state index is 12.2. The Labute approximate surface area is 151 Å². The Hall–Kier alpha value is -2.47. The van der Waals surface area contributed by atoms with Crippen LogP contribution in [-0.4, -0.2) is 23.7 Å². The van der Waals surface area contributed by atoms with Crippen LogP contribution in [0.1, 0.15) is 18.1 Å². The van der Waals surface area contributed by atoms with Crippen LogP contribution in [0.5, 0.6) is 5.75 Å². The van der Waals surface area contributed by atoms with Gasteiger partial charge in [0.1, 0.15) is 5.75 Å². The number of nitrogens with one attached hydrogen (secondary N) is 2. The minimum atomic E-state index is -0.512. The zero-order valence-corrected chi connectivity index (χ0v) is 15.2. The summed E-state index contributed by atoms with van der Waals surface area (Å²) in [6.07, 6.45) is -0.512. The van der Waals surface area contributed by atoms with E-state index in [0.717, 1.165) is 4.90 Å². The highest BCUT2D eigenvalue weighted by Crippen LogP contribution is 2.32. The van der Waals surface area contributed by atoms with Gasteiger partial charge >= 0.3 is 0 Å². The second-order valence-electron chi connectivity index (χ2n) is 6.07. The number of anilines is 2. The van der Waals surface area contributed by atoms with Gasteiger partial charge in [0, 0.05) is 10.6 Å². The largest absolute Gasteiger partial charge is 0.479 e. The fourth-order valence-electron chi connectivity index (χ4n) is 2.59. The number of hydrogen-bond donors (Lipinski definition) is 2. The summed E-state index contributed by atoms with van der Waals surface area (Å²) in [6.45, 7) is 5.78. The van der Waals surface area contributed by atoms with E-state index in [0.29, 0.717) is 22.9 Å². The fraction of sp³-hybridized carbons (Fsp3) is 0.263. The maximum Gasteiger partial charge on any atom is 0.265 e. The molecule has 2 aromatic carbocycles. The predicted octanol–water partition coefficient (Wildman–Crippen LogP) is 3.75. The molecule has 1 atom stereocenters. The molecule has 130 valence electrons. The van der Waals surface area contributed by atoms with E-state index < -0.39 is 6.10 Å². The van der Waals surface area contributed by atoms with Crippen molar-refractivity contribution in [1.82, 2.24) is 0 Å². The summed E-state index contributed by atoms with van der Waals surface area (Å²) in [7, 11) is 0. The molecule has 0 aliphatic carbocycles. The first kappa shape index (κ1) is 17.4. The predicted molar refractivity (Wildman–Crippen MR) is 100 cm³/mol. The summed E-state index contributed by atoms with van der Waals surface area (Å²) >= 11 is 1.51. The lowest BCUT2D eigenvalue weighted by Gasteiger charge is -2.23. The molecule has 2 N–H and O–H groups in total. The lowest BCUT2D eigenvalue weighted by molar-refractivity contribution is -0.122. The van der Waals surface area contributed by atoms with Crippen molar-refractivity contribution in [2.45, 2.75) is 31.8 Å². The molecule has 0 spiro atoms. The molecule has 0 unspecified atom stereocenters. The Balaban J connectivity index is 1.61. The second kappa shape index (κ2) is 7.19. The van der Waals surface area contributed by atoms with Gasteiger partial charge in [-0.25, -0.2) is 0 Å². The van der Waals surface area contributed by atoms with Crippen molar-refractivity contribution in [1.29, 1.82) is 0 Å². The average Bonchev–Trinajstić information content (AvgIpc) is 2.55. The van der Waals surface area contributed by atoms with Crippen LogP contribution in [0.3, 0.4) is 0 Å². The molecule has 0 saturated heterocycles. The van der Waals surface area contributed by atoms with Crippen LogP contribution in [0, 0.1) is 13.8 Å². The molecule has 5 nitrogen and oxygen atoms in total. The molecule has 0 bridgehead atoms. The molecule has 25 heavy (non-hydrogen) atoms. The Morgan fingerprint density at radius 1 is 1.24 bits per heavy atom. The minimum Gasteiger partial charge on any atom is -0.479 e. The van der Waals surface area contributed by atoms with E-state index in [1.165, 1.54) is 22.9 Å². The van der Waals surface area contributed by atoms with Gasteiger partial charge in [0.25, 0.3) is 5.91 Å². The van der Waals surface area contributed by atoms with Crippen molar-refractivity contribution in [2.24, 2.45) is 0 Å². The number of benzene rings is 2. The number of hydrogen-bond acceptors (Lipinski definition) is 4. The zero-order valence-electron chi connectivity index (χ0n) is 14.4. The lowest BCUT2D eigenvalue weighted by atomic mass is 10.2. The second-order valence-corrected chi connectivity index (χ2v) is 7.08. The summed E-state index contributed by atoms with van der Waals surface area (Å²) < 4.78 is 5.50.